The summed E-state index contributed by atoms with van der Waals surface area (Å²) in [6, 6.07) is 0. The maximum Gasteiger partial charge on any atom is 0.187 e. The molecule has 0 heterocycles. The monoisotopic (exact) mass is 114 g/mol. The molecule has 0 radical (unpaired) electrons. The summed E-state index contributed by atoms with van der Waals surface area (Å²) in [7, 11) is 0. The third-order valence-corrected chi connectivity index (χ3v) is 0. The first-order chi connectivity index (χ1) is 1.00. The first-order valence-electron chi connectivity index (χ1n) is 0.169. The molecule has 0 spiro atoms. The fourth-order valence-corrected chi connectivity index (χ4v) is 0. The lowest BCUT2D eigenvalue weighted by molar-refractivity contribution is 0.632. The fraction of sp³-hybridized carbons (Fsp3) is 0. The summed E-state index contributed by atoms with van der Waals surface area (Å²) in [6.45, 7) is 0. The van der Waals surface area contributed by atoms with Crippen LogP contribution in [0, 0.1) is 0 Å². The van der Waals surface area contributed by atoms with Gasteiger partial charge < -0.3 is 0 Å². The van der Waals surface area contributed by atoms with Crippen LogP contribution < -0.4 is 0 Å². The van der Waals surface area contributed by atoms with E-state index in [1.165, 1.54) is 0 Å². The standard InChI is InChI=1S/Al.ClHO.H4Si.3H/c;1-2;;;;/h;2H;1H4;;;. The van der Waals surface area contributed by atoms with E-state index < -0.39 is 0 Å². The van der Waals surface area contributed by atoms with Gasteiger partial charge in [-0.1, -0.05) is 0 Å². The average molecular weight is 115 g/mol. The van der Waals surface area contributed by atoms with Crippen molar-refractivity contribution in [3.63, 3.8) is 0 Å². The van der Waals surface area contributed by atoms with Crippen LogP contribution in [-0.2, 0) is 0 Å². The van der Waals surface area contributed by atoms with Gasteiger partial charge in [-0.05, 0) is 11.0 Å². The predicted octanol–water partition coefficient (Wildman–Crippen LogP) is -2.50. The van der Waals surface area contributed by atoms with E-state index >= 15 is 0 Å². The van der Waals surface area contributed by atoms with Crippen LogP contribution in [0.25, 0.3) is 0 Å². The summed E-state index contributed by atoms with van der Waals surface area (Å²) in [4.78, 5) is 0. The highest BCUT2D eigenvalue weighted by molar-refractivity contribution is 6.04. The minimum absolute atomic E-state index is 0. The molecule has 0 saturated heterocycles. The van der Waals surface area contributed by atoms with Crippen LogP contribution >= 0.6 is 11.9 Å². The van der Waals surface area contributed by atoms with Crippen LogP contribution in [0.5, 0.6) is 0 Å². The number of halogens is 1. The van der Waals surface area contributed by atoms with E-state index in [9.17, 15) is 0 Å². The van der Waals surface area contributed by atoms with Gasteiger partial charge in [0.25, 0.3) is 0 Å². The number of hydrogen-bond donors (Lipinski definition) is 1. The number of rotatable bonds is 0. The first-order valence-corrected chi connectivity index (χ1v) is 0.507. The van der Waals surface area contributed by atoms with Crippen molar-refractivity contribution >= 4 is 40.2 Å². The molecule has 4 heteroatoms. The Bertz CT molecular complexity index is 8.00. The maximum atomic E-state index is 6.47. The van der Waals surface area contributed by atoms with E-state index in [2.05, 4.69) is 11.9 Å². The Labute approximate surface area is 45.3 Å². The fourth-order valence-electron chi connectivity index (χ4n) is 0. The minimum Gasteiger partial charge on any atom is -0.295 e. The largest absolute Gasteiger partial charge is 0.295 e. The highest BCUT2D eigenvalue weighted by Crippen LogP contribution is 1.31. The zero-order chi connectivity index (χ0) is 2.00. The molecule has 0 aliphatic carbocycles. The van der Waals surface area contributed by atoms with Crippen molar-refractivity contribution in [1.82, 2.24) is 0 Å². The lowest BCUT2D eigenvalue weighted by atomic mass is 15.9. The topological polar surface area (TPSA) is 20.2 Å². The molecule has 0 amide bonds. The Kier molecular flexibility index (Phi) is 180. The summed E-state index contributed by atoms with van der Waals surface area (Å²) in [5.74, 6) is 0. The molecule has 4 heavy (non-hydrogen) atoms. The smallest absolute Gasteiger partial charge is 0.187 e. The Morgan fingerprint density at radius 2 is 1.25 bits per heavy atom. The average Bonchev–Trinajstić information content (AvgIpc) is 1.00. The van der Waals surface area contributed by atoms with Gasteiger partial charge in [-0.15, -0.1) is 0 Å². The van der Waals surface area contributed by atoms with Crippen LogP contribution in [-0.4, -0.2) is 33.0 Å². The van der Waals surface area contributed by atoms with E-state index in [1.807, 2.05) is 0 Å². The highest BCUT2D eigenvalue weighted by atomic mass is 35.5. The molecule has 0 aromatic carbocycles. The van der Waals surface area contributed by atoms with Gasteiger partial charge in [0.05, 0.1) is 11.9 Å². The molecule has 0 bridgehead atoms. The Morgan fingerprint density at radius 3 is 1.25 bits per heavy atom. The van der Waals surface area contributed by atoms with Crippen molar-refractivity contribution in [2.45, 2.75) is 0 Å². The molecular formula is H8AlClOSi. The third kappa shape index (κ3) is 12.0. The second kappa shape index (κ2) is 36.0. The van der Waals surface area contributed by atoms with Gasteiger partial charge in [-0.3, -0.25) is 4.66 Å². The lowest BCUT2D eigenvalue weighted by Gasteiger charge is -1.13. The molecule has 0 unspecified atom stereocenters. The van der Waals surface area contributed by atoms with Gasteiger partial charge in [0.2, 0.25) is 0 Å². The van der Waals surface area contributed by atoms with Crippen molar-refractivity contribution in [3.8, 4) is 0 Å². The molecule has 1 N–H and O–H groups in total. The van der Waals surface area contributed by atoms with Gasteiger partial charge in [0.15, 0.2) is 17.4 Å². The van der Waals surface area contributed by atoms with Gasteiger partial charge >= 0.3 is 0 Å². The second-order valence-corrected chi connectivity index (χ2v) is 0. The highest BCUT2D eigenvalue weighted by Gasteiger charge is 0.897. The SMILES string of the molecule is OCl.[AlH3].[SiH4]. The van der Waals surface area contributed by atoms with Crippen LogP contribution in [0.2, 0.25) is 0 Å². The van der Waals surface area contributed by atoms with E-state index in [0.717, 1.165) is 0 Å². The van der Waals surface area contributed by atoms with Crippen LogP contribution in [0.1, 0.15) is 0 Å². The third-order valence-electron chi connectivity index (χ3n) is 0. The Hall–Kier alpha value is 0.999. The van der Waals surface area contributed by atoms with Gasteiger partial charge in [-0.2, -0.15) is 0 Å². The van der Waals surface area contributed by atoms with E-state index in [4.69, 9.17) is 4.66 Å². The van der Waals surface area contributed by atoms with Crippen LogP contribution in [0.4, 0.5) is 0 Å². The summed E-state index contributed by atoms with van der Waals surface area (Å²) in [6.07, 6.45) is 0. The zero-order valence-corrected chi connectivity index (χ0v) is 1.58. The first kappa shape index (κ1) is 20.0. The van der Waals surface area contributed by atoms with Gasteiger partial charge in [0.1, 0.15) is 0 Å². The summed E-state index contributed by atoms with van der Waals surface area (Å²) in [5, 5.41) is 0. The molecule has 0 aliphatic rings. The normalized spacial score (nSPS) is 1.50. The van der Waals surface area contributed by atoms with Crippen molar-refractivity contribution in [2.75, 3.05) is 0 Å². The van der Waals surface area contributed by atoms with Crippen molar-refractivity contribution in [3.05, 3.63) is 0 Å². The lowest BCUT2D eigenvalue weighted by Crippen LogP contribution is -0.913. The molecule has 1 nitrogen and oxygen atoms in total. The molecule has 0 saturated carbocycles. The molecule has 0 aromatic heterocycles. The van der Waals surface area contributed by atoms with E-state index in [0.29, 0.717) is 0 Å². The second-order valence-electron chi connectivity index (χ2n) is 0. The zero-order valence-electron chi connectivity index (χ0n) is 0.825. The van der Waals surface area contributed by atoms with Crippen LogP contribution in [0.3, 0.4) is 0 Å². The summed E-state index contributed by atoms with van der Waals surface area (Å²) in [5.41, 5.74) is 0. The molecule has 0 aliphatic heterocycles. The van der Waals surface area contributed by atoms with Crippen LogP contribution in [0.15, 0.2) is 0 Å². The van der Waals surface area contributed by atoms with Crippen molar-refractivity contribution in [2.24, 2.45) is 0 Å². The summed E-state index contributed by atoms with van der Waals surface area (Å²) >= 11 is 3.64. The van der Waals surface area contributed by atoms with Gasteiger partial charge in [-0.25, -0.2) is 0 Å². The molecule has 0 aromatic rings. The molecule has 0 rings (SSSR count). The Balaban J connectivity index is -0.00000000500. The molecular weight excluding hydrogens is 107 g/mol. The van der Waals surface area contributed by atoms with Gasteiger partial charge in [0, 0.05) is 0 Å². The molecule has 28 valence electrons. The molecule has 0 fully saturated rings. The molecule has 0 atom stereocenters. The quantitative estimate of drug-likeness (QED) is 0.345. The van der Waals surface area contributed by atoms with E-state index in [-0.39, 0.29) is 28.3 Å². The van der Waals surface area contributed by atoms with Crippen molar-refractivity contribution in [1.29, 1.82) is 0 Å². The van der Waals surface area contributed by atoms with Crippen molar-refractivity contribution < 1.29 is 4.66 Å². The Morgan fingerprint density at radius 1 is 1.25 bits per heavy atom. The maximum absolute atomic E-state index is 6.47. The summed E-state index contributed by atoms with van der Waals surface area (Å²) < 4.78 is 6.47. The van der Waals surface area contributed by atoms with E-state index in [1.54, 1.807) is 0 Å². The number of hydrogen-bond acceptors (Lipinski definition) is 1. The predicted molar refractivity (Wildman–Crippen MR) is 29.3 cm³/mol. The minimum atomic E-state index is 0.